The average molecular weight is 470 g/mol. The fourth-order valence-corrected chi connectivity index (χ4v) is 7.20. The standard InChI is InChI=1S/C24H31N5OS2/c1-2-6-20-19(5-1)22-23(29-9-7-27(8-10-29)16-18-4-3-15-31-18)25-21(26-24(22)32-20)17-28-11-13-30-14-12-28/h3-4,15H,1-2,5-14,16-17H2. The summed E-state index contributed by atoms with van der Waals surface area (Å²) in [6, 6.07) is 4.41. The molecule has 3 aliphatic rings. The van der Waals surface area contributed by atoms with Crippen molar-refractivity contribution in [1.29, 1.82) is 0 Å². The minimum Gasteiger partial charge on any atom is -0.379 e. The van der Waals surface area contributed by atoms with Crippen LogP contribution in [0.15, 0.2) is 17.5 Å². The van der Waals surface area contributed by atoms with Gasteiger partial charge in [0.15, 0.2) is 0 Å². The number of rotatable bonds is 5. The molecule has 0 N–H and O–H groups in total. The highest BCUT2D eigenvalue weighted by Gasteiger charge is 2.27. The van der Waals surface area contributed by atoms with Gasteiger partial charge in [-0.1, -0.05) is 6.07 Å². The van der Waals surface area contributed by atoms with Crippen molar-refractivity contribution in [2.24, 2.45) is 0 Å². The lowest BCUT2D eigenvalue weighted by Gasteiger charge is -2.36. The normalized spacial score (nSPS) is 20.7. The molecule has 0 radical (unpaired) electrons. The van der Waals surface area contributed by atoms with Gasteiger partial charge in [0, 0.05) is 55.6 Å². The van der Waals surface area contributed by atoms with Crippen LogP contribution in [-0.4, -0.2) is 72.3 Å². The molecular formula is C24H31N5OS2. The highest BCUT2D eigenvalue weighted by Crippen LogP contribution is 2.40. The maximum Gasteiger partial charge on any atom is 0.146 e. The number of aromatic nitrogens is 2. The molecule has 32 heavy (non-hydrogen) atoms. The molecule has 2 fully saturated rings. The Bertz CT molecular complexity index is 1050. The zero-order chi connectivity index (χ0) is 21.3. The second-order valence-corrected chi connectivity index (χ2v) is 11.2. The fourth-order valence-electron chi connectivity index (χ4n) is 5.18. The number of aryl methyl sites for hydroxylation is 2. The van der Waals surface area contributed by atoms with Gasteiger partial charge in [0.05, 0.1) is 25.1 Å². The molecule has 0 amide bonds. The molecule has 3 aromatic heterocycles. The van der Waals surface area contributed by atoms with Crippen molar-refractivity contribution in [3.8, 4) is 0 Å². The molecule has 5 heterocycles. The Morgan fingerprint density at radius 2 is 1.72 bits per heavy atom. The van der Waals surface area contributed by atoms with E-state index in [1.54, 1.807) is 10.4 Å². The van der Waals surface area contributed by atoms with Crippen LogP contribution in [0, 0.1) is 0 Å². The molecule has 6 rings (SSSR count). The highest BCUT2D eigenvalue weighted by molar-refractivity contribution is 7.19. The van der Waals surface area contributed by atoms with Crippen LogP contribution in [0.4, 0.5) is 5.82 Å². The fraction of sp³-hybridized carbons (Fsp3) is 0.583. The second-order valence-electron chi connectivity index (χ2n) is 9.09. The zero-order valence-corrected chi connectivity index (χ0v) is 20.2. The lowest BCUT2D eigenvalue weighted by atomic mass is 9.97. The second kappa shape index (κ2) is 9.35. The van der Waals surface area contributed by atoms with Crippen LogP contribution < -0.4 is 4.90 Å². The molecule has 0 bridgehead atoms. The molecule has 170 valence electrons. The minimum absolute atomic E-state index is 0.814. The van der Waals surface area contributed by atoms with Crippen molar-refractivity contribution in [2.75, 3.05) is 57.4 Å². The molecule has 0 unspecified atom stereocenters. The minimum atomic E-state index is 0.814. The molecule has 6 nitrogen and oxygen atoms in total. The Hall–Kier alpha value is -1.58. The number of thiophene rings is 2. The summed E-state index contributed by atoms with van der Waals surface area (Å²) < 4.78 is 5.54. The van der Waals surface area contributed by atoms with E-state index in [2.05, 4.69) is 32.2 Å². The number of ether oxygens (including phenoxy) is 1. The van der Waals surface area contributed by atoms with Crippen LogP contribution in [-0.2, 0) is 30.7 Å². The molecule has 8 heteroatoms. The van der Waals surface area contributed by atoms with E-state index in [0.29, 0.717) is 0 Å². The van der Waals surface area contributed by atoms with Crippen molar-refractivity contribution in [3.63, 3.8) is 0 Å². The van der Waals surface area contributed by atoms with E-state index in [1.807, 2.05) is 22.7 Å². The van der Waals surface area contributed by atoms with Crippen molar-refractivity contribution in [2.45, 2.75) is 38.8 Å². The first-order valence-electron chi connectivity index (χ1n) is 11.9. The molecule has 0 aromatic carbocycles. The quantitative estimate of drug-likeness (QED) is 0.567. The van der Waals surface area contributed by atoms with Crippen molar-refractivity contribution < 1.29 is 4.74 Å². The monoisotopic (exact) mass is 469 g/mol. The molecule has 0 atom stereocenters. The number of nitrogens with zero attached hydrogens (tertiary/aromatic N) is 5. The van der Waals surface area contributed by atoms with E-state index in [-0.39, 0.29) is 0 Å². The van der Waals surface area contributed by atoms with Gasteiger partial charge in [0.1, 0.15) is 16.5 Å². The summed E-state index contributed by atoms with van der Waals surface area (Å²) in [4.78, 5) is 22.1. The molecule has 2 saturated heterocycles. The first-order valence-corrected chi connectivity index (χ1v) is 13.6. The number of hydrogen-bond acceptors (Lipinski definition) is 8. The summed E-state index contributed by atoms with van der Waals surface area (Å²) in [5.74, 6) is 2.18. The van der Waals surface area contributed by atoms with Crippen LogP contribution in [0.5, 0.6) is 0 Å². The maximum absolute atomic E-state index is 5.54. The van der Waals surface area contributed by atoms with Gasteiger partial charge in [-0.05, 0) is 42.7 Å². The van der Waals surface area contributed by atoms with E-state index in [4.69, 9.17) is 14.7 Å². The van der Waals surface area contributed by atoms with Crippen LogP contribution in [0.1, 0.15) is 34.0 Å². The summed E-state index contributed by atoms with van der Waals surface area (Å²) in [7, 11) is 0. The summed E-state index contributed by atoms with van der Waals surface area (Å²) in [6.45, 7) is 9.73. The Labute approximate surface area is 197 Å². The zero-order valence-electron chi connectivity index (χ0n) is 18.6. The van der Waals surface area contributed by atoms with Crippen LogP contribution in [0.25, 0.3) is 10.2 Å². The number of hydrogen-bond donors (Lipinski definition) is 0. The van der Waals surface area contributed by atoms with Crippen molar-refractivity contribution >= 4 is 38.7 Å². The van der Waals surface area contributed by atoms with Crippen LogP contribution in [0.3, 0.4) is 0 Å². The lowest BCUT2D eigenvalue weighted by molar-refractivity contribution is 0.0331. The molecule has 0 saturated carbocycles. The first kappa shape index (κ1) is 21.0. The smallest absolute Gasteiger partial charge is 0.146 e. The van der Waals surface area contributed by atoms with E-state index >= 15 is 0 Å². The van der Waals surface area contributed by atoms with Gasteiger partial charge in [-0.15, -0.1) is 22.7 Å². The number of anilines is 1. The Morgan fingerprint density at radius 1 is 0.906 bits per heavy atom. The molecule has 0 spiro atoms. The van der Waals surface area contributed by atoms with E-state index < -0.39 is 0 Å². The highest BCUT2D eigenvalue weighted by atomic mass is 32.1. The average Bonchev–Trinajstić information content (AvgIpc) is 3.47. The Balaban J connectivity index is 1.28. The summed E-state index contributed by atoms with van der Waals surface area (Å²) in [5.41, 5.74) is 1.55. The number of morpholine rings is 1. The van der Waals surface area contributed by atoms with Crippen molar-refractivity contribution in [1.82, 2.24) is 19.8 Å². The van der Waals surface area contributed by atoms with Gasteiger partial charge in [0.25, 0.3) is 0 Å². The molecule has 1 aliphatic carbocycles. The third-order valence-electron chi connectivity index (χ3n) is 6.94. The summed E-state index contributed by atoms with van der Waals surface area (Å²) in [6.07, 6.45) is 5.00. The van der Waals surface area contributed by atoms with Gasteiger partial charge < -0.3 is 9.64 Å². The Kier molecular flexibility index (Phi) is 6.13. The predicted octanol–water partition coefficient (Wildman–Crippen LogP) is 3.79. The van der Waals surface area contributed by atoms with E-state index in [9.17, 15) is 0 Å². The first-order chi connectivity index (χ1) is 15.8. The van der Waals surface area contributed by atoms with Gasteiger partial charge >= 0.3 is 0 Å². The van der Waals surface area contributed by atoms with Gasteiger partial charge in [-0.25, -0.2) is 9.97 Å². The number of piperazine rings is 1. The topological polar surface area (TPSA) is 44.7 Å². The van der Waals surface area contributed by atoms with Gasteiger partial charge in [-0.2, -0.15) is 0 Å². The SMILES string of the molecule is c1csc(CN2CCN(c3nc(CN4CCOCC4)nc4sc5c(c34)CCCC5)CC2)c1. The van der Waals surface area contributed by atoms with Crippen molar-refractivity contribution in [3.05, 3.63) is 38.7 Å². The van der Waals surface area contributed by atoms with Crippen LogP contribution in [0.2, 0.25) is 0 Å². The van der Waals surface area contributed by atoms with E-state index in [0.717, 1.165) is 71.4 Å². The largest absolute Gasteiger partial charge is 0.379 e. The summed E-state index contributed by atoms with van der Waals surface area (Å²) in [5, 5.41) is 3.54. The Morgan fingerprint density at radius 3 is 2.53 bits per heavy atom. The third-order valence-corrected chi connectivity index (χ3v) is 8.99. The molecule has 3 aromatic rings. The van der Waals surface area contributed by atoms with Crippen LogP contribution >= 0.6 is 22.7 Å². The maximum atomic E-state index is 5.54. The number of fused-ring (bicyclic) bond motifs is 3. The lowest BCUT2D eigenvalue weighted by Crippen LogP contribution is -2.46. The summed E-state index contributed by atoms with van der Waals surface area (Å²) >= 11 is 3.79. The third kappa shape index (κ3) is 4.31. The molecular weight excluding hydrogens is 438 g/mol. The van der Waals surface area contributed by atoms with E-state index in [1.165, 1.54) is 46.6 Å². The van der Waals surface area contributed by atoms with Gasteiger partial charge in [-0.3, -0.25) is 9.80 Å². The van der Waals surface area contributed by atoms with Gasteiger partial charge in [0.2, 0.25) is 0 Å². The molecule has 2 aliphatic heterocycles. The predicted molar refractivity (Wildman–Crippen MR) is 132 cm³/mol.